The van der Waals surface area contributed by atoms with Crippen LogP contribution in [0.5, 0.6) is 0 Å². The maximum atomic E-state index is 5.91. The number of pyridine rings is 1. The largest absolute Gasteiger partial charge is 0.298 e. The monoisotopic (exact) mass is 427 g/mol. The second-order valence-electron chi connectivity index (χ2n) is 7.77. The molecule has 6 heteroatoms. The fourth-order valence-corrected chi connectivity index (χ4v) is 5.88. The molecule has 1 aliphatic carbocycles. The fourth-order valence-electron chi connectivity index (χ4n) is 3.49. The molecule has 27 heavy (non-hydrogen) atoms. The van der Waals surface area contributed by atoms with Crippen molar-refractivity contribution in [1.82, 2.24) is 9.88 Å². The summed E-state index contributed by atoms with van der Waals surface area (Å²) in [6.07, 6.45) is 8.97. The minimum absolute atomic E-state index is 0.559. The predicted molar refractivity (Wildman–Crippen MR) is 124 cm³/mol. The van der Waals surface area contributed by atoms with Gasteiger partial charge in [-0.2, -0.15) is 0 Å². The van der Waals surface area contributed by atoms with Crippen molar-refractivity contribution < 1.29 is 0 Å². The molecule has 1 aromatic heterocycles. The van der Waals surface area contributed by atoms with Gasteiger partial charge in [0.1, 0.15) is 9.53 Å². The second-order valence-corrected chi connectivity index (χ2v) is 10.5. The van der Waals surface area contributed by atoms with E-state index in [1.54, 1.807) is 0 Å². The molecule has 0 amide bonds. The quantitative estimate of drug-likeness (QED) is 0.265. The lowest BCUT2D eigenvalue weighted by Gasteiger charge is -2.24. The van der Waals surface area contributed by atoms with Crippen LogP contribution in [0.15, 0.2) is 23.3 Å². The van der Waals surface area contributed by atoms with E-state index in [9.17, 15) is 0 Å². The van der Waals surface area contributed by atoms with E-state index < -0.39 is 0 Å². The summed E-state index contributed by atoms with van der Waals surface area (Å²) in [5, 5.41) is 0.559. The number of halogens is 1. The Labute approximate surface area is 179 Å². The number of hydrogen-bond donors (Lipinski definition) is 0. The first-order valence-electron chi connectivity index (χ1n) is 10.1. The predicted octanol–water partition coefficient (Wildman–Crippen LogP) is 6.23. The van der Waals surface area contributed by atoms with Crippen LogP contribution in [-0.4, -0.2) is 45.9 Å². The Morgan fingerprint density at radius 3 is 2.67 bits per heavy atom. The normalized spacial score (nSPS) is 16.4. The summed E-state index contributed by atoms with van der Waals surface area (Å²) >= 11 is 9.79. The minimum Gasteiger partial charge on any atom is -0.298 e. The zero-order valence-corrected chi connectivity index (χ0v) is 19.4. The molecule has 0 radical (unpaired) electrons. The van der Waals surface area contributed by atoms with Crippen molar-refractivity contribution in [3.8, 4) is 0 Å². The summed E-state index contributed by atoms with van der Waals surface area (Å²) in [7, 11) is 1.93. The van der Waals surface area contributed by atoms with Gasteiger partial charge in [0.05, 0.1) is 0 Å². The summed E-state index contributed by atoms with van der Waals surface area (Å²) < 4.78 is 1.25. The molecule has 0 atom stereocenters. The van der Waals surface area contributed by atoms with Crippen LogP contribution in [0, 0.1) is 11.8 Å². The first kappa shape index (κ1) is 23.1. The maximum Gasteiger partial charge on any atom is 0.129 e. The van der Waals surface area contributed by atoms with Gasteiger partial charge < -0.3 is 0 Å². The number of rotatable bonds is 9. The van der Waals surface area contributed by atoms with Crippen LogP contribution in [0.2, 0.25) is 5.15 Å². The van der Waals surface area contributed by atoms with Gasteiger partial charge in [0, 0.05) is 44.4 Å². The highest BCUT2D eigenvalue weighted by Crippen LogP contribution is 2.29. The molecular formula is C21H34ClN3S2. The molecule has 0 saturated heterocycles. The van der Waals surface area contributed by atoms with Crippen LogP contribution >= 0.6 is 35.1 Å². The van der Waals surface area contributed by atoms with E-state index in [1.165, 1.54) is 47.8 Å². The van der Waals surface area contributed by atoms with Gasteiger partial charge in [-0.05, 0) is 36.3 Å². The Hall–Kier alpha value is -0.230. The van der Waals surface area contributed by atoms with E-state index in [0.717, 1.165) is 31.3 Å². The van der Waals surface area contributed by atoms with Gasteiger partial charge >= 0.3 is 0 Å². The SMILES string of the molecule is CN=C(SCCN(Cc1ccc(Cl)nc1)CC(C)C)SCC1CCCCC1. The molecule has 0 aliphatic heterocycles. The second kappa shape index (κ2) is 13.1. The van der Waals surface area contributed by atoms with E-state index in [2.05, 4.69) is 34.8 Å². The molecule has 152 valence electrons. The molecule has 0 unspecified atom stereocenters. The van der Waals surface area contributed by atoms with Crippen LogP contribution in [0.25, 0.3) is 0 Å². The molecule has 0 bridgehead atoms. The van der Waals surface area contributed by atoms with Gasteiger partial charge in [0.25, 0.3) is 0 Å². The van der Waals surface area contributed by atoms with Gasteiger partial charge in [-0.1, -0.05) is 74.3 Å². The van der Waals surface area contributed by atoms with Crippen LogP contribution < -0.4 is 0 Å². The van der Waals surface area contributed by atoms with Gasteiger partial charge in [-0.15, -0.1) is 0 Å². The van der Waals surface area contributed by atoms with E-state index in [-0.39, 0.29) is 0 Å². The molecule has 1 aliphatic rings. The van der Waals surface area contributed by atoms with Crippen molar-refractivity contribution in [3.63, 3.8) is 0 Å². The standard InChI is InChI=1S/C21H34ClN3S2/c1-17(2)14-25(15-19-9-10-20(22)24-13-19)11-12-26-21(23-3)27-16-18-7-5-4-6-8-18/h9-10,13,17-18H,4-8,11-12,14-16H2,1-3H3. The summed E-state index contributed by atoms with van der Waals surface area (Å²) in [5.41, 5.74) is 1.22. The number of hydrogen-bond acceptors (Lipinski definition) is 5. The van der Waals surface area contributed by atoms with Crippen molar-refractivity contribution >= 4 is 39.5 Å². The summed E-state index contributed by atoms with van der Waals surface area (Å²) in [6, 6.07) is 3.96. The highest BCUT2D eigenvalue weighted by molar-refractivity contribution is 8.38. The summed E-state index contributed by atoms with van der Waals surface area (Å²) in [5.74, 6) is 3.87. The Morgan fingerprint density at radius 1 is 1.26 bits per heavy atom. The van der Waals surface area contributed by atoms with E-state index in [1.807, 2.05) is 42.8 Å². The third kappa shape index (κ3) is 9.69. The molecule has 1 heterocycles. The fraction of sp³-hybridized carbons (Fsp3) is 0.714. The topological polar surface area (TPSA) is 28.5 Å². The Balaban J connectivity index is 1.75. The van der Waals surface area contributed by atoms with Gasteiger partial charge in [0.2, 0.25) is 0 Å². The van der Waals surface area contributed by atoms with Crippen molar-refractivity contribution in [2.24, 2.45) is 16.8 Å². The van der Waals surface area contributed by atoms with Crippen LogP contribution in [0.1, 0.15) is 51.5 Å². The molecule has 0 aromatic carbocycles. The van der Waals surface area contributed by atoms with Gasteiger partial charge in [-0.3, -0.25) is 9.89 Å². The maximum absolute atomic E-state index is 5.91. The van der Waals surface area contributed by atoms with Crippen molar-refractivity contribution in [3.05, 3.63) is 29.0 Å². The van der Waals surface area contributed by atoms with E-state index >= 15 is 0 Å². The third-order valence-corrected chi connectivity index (χ3v) is 7.62. The lowest BCUT2D eigenvalue weighted by atomic mass is 9.91. The van der Waals surface area contributed by atoms with Crippen LogP contribution in [0.3, 0.4) is 0 Å². The third-order valence-electron chi connectivity index (χ3n) is 4.80. The average molecular weight is 428 g/mol. The smallest absolute Gasteiger partial charge is 0.129 e. The zero-order valence-electron chi connectivity index (χ0n) is 17.0. The lowest BCUT2D eigenvalue weighted by molar-refractivity contribution is 0.250. The van der Waals surface area contributed by atoms with Gasteiger partial charge in [-0.25, -0.2) is 4.98 Å². The Bertz CT molecular complexity index is 557. The highest BCUT2D eigenvalue weighted by Gasteiger charge is 2.15. The van der Waals surface area contributed by atoms with Crippen molar-refractivity contribution in [2.45, 2.75) is 52.5 Å². The zero-order chi connectivity index (χ0) is 19.5. The van der Waals surface area contributed by atoms with Crippen LogP contribution in [-0.2, 0) is 6.54 Å². The number of thioether (sulfide) groups is 2. The van der Waals surface area contributed by atoms with E-state index in [4.69, 9.17) is 11.6 Å². The Morgan fingerprint density at radius 2 is 2.04 bits per heavy atom. The average Bonchev–Trinajstić information content (AvgIpc) is 2.66. The number of aliphatic imine (C=N–C) groups is 1. The van der Waals surface area contributed by atoms with E-state index in [0.29, 0.717) is 11.1 Å². The molecule has 2 rings (SSSR count). The molecule has 1 saturated carbocycles. The highest BCUT2D eigenvalue weighted by atomic mass is 35.5. The molecule has 0 spiro atoms. The Kier molecular flexibility index (Phi) is 11.2. The van der Waals surface area contributed by atoms with Crippen molar-refractivity contribution in [2.75, 3.05) is 31.6 Å². The molecular weight excluding hydrogens is 394 g/mol. The summed E-state index contributed by atoms with van der Waals surface area (Å²) in [6.45, 7) is 7.64. The minimum atomic E-state index is 0.559. The van der Waals surface area contributed by atoms with Gasteiger partial charge in [0.15, 0.2) is 0 Å². The molecule has 0 N–H and O–H groups in total. The number of nitrogens with zero attached hydrogens (tertiary/aromatic N) is 3. The lowest BCUT2D eigenvalue weighted by Crippen LogP contribution is -2.29. The molecule has 3 nitrogen and oxygen atoms in total. The number of aromatic nitrogens is 1. The molecule has 1 fully saturated rings. The molecule has 1 aromatic rings. The van der Waals surface area contributed by atoms with Crippen LogP contribution in [0.4, 0.5) is 0 Å². The summed E-state index contributed by atoms with van der Waals surface area (Å²) in [4.78, 5) is 11.3. The first-order chi connectivity index (χ1) is 13.1. The first-order valence-corrected chi connectivity index (χ1v) is 12.5. The van der Waals surface area contributed by atoms with Crippen molar-refractivity contribution in [1.29, 1.82) is 0 Å².